The first-order valence-corrected chi connectivity index (χ1v) is 18.5. The molecule has 0 spiro atoms. The van der Waals surface area contributed by atoms with E-state index in [1.165, 1.54) is 44.1 Å². The number of aliphatic hydroxyl groups is 8. The molecule has 0 aromatic carbocycles. The van der Waals surface area contributed by atoms with Crippen LogP contribution in [0.5, 0.6) is 0 Å². The van der Waals surface area contributed by atoms with Crippen molar-refractivity contribution in [3.63, 3.8) is 0 Å². The number of allylic oxidation sites excluding steroid dienone is 2. The maximum Gasteiger partial charge on any atom is 2.00 e. The van der Waals surface area contributed by atoms with Gasteiger partial charge in [0.05, 0.1) is 0 Å². The van der Waals surface area contributed by atoms with Gasteiger partial charge >= 0.3 is 34.1 Å². The van der Waals surface area contributed by atoms with Crippen LogP contribution in [-0.2, 0) is 102 Å². The first-order chi connectivity index (χ1) is 23.2. The quantitative estimate of drug-likeness (QED) is 0.143. The van der Waals surface area contributed by atoms with Crippen LogP contribution < -0.4 is 0 Å². The van der Waals surface area contributed by atoms with E-state index in [4.69, 9.17) is 40.9 Å². The standard InChI is InChI=1S/C10H18N2.C10H14N2.2C8H16O4.6Mn.2H2N.4H2O/c2*1-5-11-6-2-9(1)10-3-7-12-8-4-10;2*9-7(10)5-2-1-3-6(4-5)8(11)12;;;;;;;;;;;;/h9-10H,1-8H2;1-2,5,10H,3-4,6-8H2;2*5-12H,1-4H2;;;;;;;6*1H2/q2*-2;;;;;;;2*+2;2*-1;;;;. The zero-order valence-electron chi connectivity index (χ0n) is 34.2. The van der Waals surface area contributed by atoms with E-state index < -0.39 is 25.2 Å². The zero-order chi connectivity index (χ0) is 34.7. The van der Waals surface area contributed by atoms with Crippen molar-refractivity contribution in [2.45, 2.75) is 115 Å². The monoisotopic (exact) mass is 1110 g/mol. The second kappa shape index (κ2) is 50.1. The number of aliphatic hydroxyl groups excluding tert-OH is 4. The molecule has 2 aliphatic carbocycles. The van der Waals surface area contributed by atoms with E-state index in [1.54, 1.807) is 0 Å². The Morgan fingerprint density at radius 2 is 0.733 bits per heavy atom. The maximum atomic E-state index is 8.87. The molecule has 4 heterocycles. The summed E-state index contributed by atoms with van der Waals surface area (Å²) in [6, 6.07) is 0. The second-order valence-corrected chi connectivity index (χ2v) is 14.4. The first-order valence-electron chi connectivity index (χ1n) is 18.5. The predicted molar refractivity (Wildman–Crippen MR) is 212 cm³/mol. The molecule has 6 aliphatic rings. The summed E-state index contributed by atoms with van der Waals surface area (Å²) in [5, 5.41) is 88.2. The van der Waals surface area contributed by atoms with E-state index in [0.717, 1.165) is 102 Å². The molecule has 6 rings (SSSR count). The molecule has 18 nitrogen and oxygen atoms in total. The van der Waals surface area contributed by atoms with Gasteiger partial charge in [0.2, 0.25) is 0 Å². The van der Waals surface area contributed by atoms with Crippen molar-refractivity contribution in [3.8, 4) is 0 Å². The van der Waals surface area contributed by atoms with Crippen molar-refractivity contribution in [2.75, 3.05) is 45.8 Å². The Kier molecular flexibility index (Phi) is 71.1. The fraction of sp³-hybridized carbons (Fsp3) is 0.889. The van der Waals surface area contributed by atoms with Crippen LogP contribution in [0.4, 0.5) is 0 Å². The van der Waals surface area contributed by atoms with Crippen molar-refractivity contribution in [3.05, 3.63) is 57.5 Å². The van der Waals surface area contributed by atoms with Crippen LogP contribution in [0.3, 0.4) is 0 Å². The molecule has 0 aromatic rings. The minimum atomic E-state index is -1.31. The van der Waals surface area contributed by atoms with Gasteiger partial charge in [-0.2, -0.15) is 6.20 Å². The molecule has 3 saturated heterocycles. The summed E-state index contributed by atoms with van der Waals surface area (Å²) in [6.07, 6.45) is 14.7. The molecule has 4 atom stereocenters. The van der Waals surface area contributed by atoms with E-state index in [2.05, 4.69) is 33.4 Å². The van der Waals surface area contributed by atoms with Gasteiger partial charge in [0.1, 0.15) is 0 Å². The number of hydrogen-bond donors (Lipinski definition) is 8. The smallest absolute Gasteiger partial charge is 0.693 e. The van der Waals surface area contributed by atoms with E-state index >= 15 is 0 Å². The molecule has 6 radical (unpaired) electrons. The second-order valence-electron chi connectivity index (χ2n) is 14.4. The molecule has 4 aliphatic heterocycles. The van der Waals surface area contributed by atoms with Crippen LogP contribution in [0.2, 0.25) is 0 Å². The molecule has 24 heteroatoms. The summed E-state index contributed by atoms with van der Waals surface area (Å²) in [4.78, 5) is 0. The summed E-state index contributed by atoms with van der Waals surface area (Å²) < 4.78 is 0. The van der Waals surface area contributed by atoms with Crippen LogP contribution in [0.25, 0.3) is 33.6 Å². The van der Waals surface area contributed by atoms with Gasteiger partial charge in [0.15, 0.2) is 25.2 Å². The van der Waals surface area contributed by atoms with E-state index in [1.807, 2.05) is 6.20 Å². The normalized spacial score (nSPS) is 23.4. The van der Waals surface area contributed by atoms with Crippen molar-refractivity contribution < 1.29 is 165 Å². The Morgan fingerprint density at radius 1 is 0.450 bits per heavy atom. The minimum absolute atomic E-state index is 0. The Morgan fingerprint density at radius 3 is 0.983 bits per heavy atom. The van der Waals surface area contributed by atoms with Crippen LogP contribution in [0.15, 0.2) is 23.9 Å². The molecular weight excluding hydrogens is 1040 g/mol. The third-order valence-electron chi connectivity index (χ3n) is 11.0. The molecule has 5 fully saturated rings. The minimum Gasteiger partial charge on any atom is -0.693 e. The summed E-state index contributed by atoms with van der Waals surface area (Å²) >= 11 is 0. The van der Waals surface area contributed by atoms with Crippen LogP contribution in [0.1, 0.15) is 89.9 Å². The van der Waals surface area contributed by atoms with E-state index in [-0.39, 0.29) is 160 Å². The van der Waals surface area contributed by atoms with Gasteiger partial charge in [-0.3, -0.25) is 0 Å². The Balaban J connectivity index is -0.0000000651. The van der Waals surface area contributed by atoms with Crippen LogP contribution in [-0.4, -0.2) is 134 Å². The number of hydrogen-bond acceptors (Lipinski definition) is 8. The molecule has 60 heavy (non-hydrogen) atoms. The Hall–Kier alpha value is 1.72. The van der Waals surface area contributed by atoms with Crippen molar-refractivity contribution >= 4 is 0 Å². The van der Waals surface area contributed by atoms with Gasteiger partial charge in [0, 0.05) is 91.9 Å². The summed E-state index contributed by atoms with van der Waals surface area (Å²) in [5.74, 6) is 1.97. The van der Waals surface area contributed by atoms with Gasteiger partial charge < -0.3 is 96.3 Å². The van der Waals surface area contributed by atoms with E-state index in [0.29, 0.717) is 12.8 Å². The zero-order valence-corrected chi connectivity index (χ0v) is 41.3. The molecule has 366 valence electrons. The Bertz CT molecular complexity index is 856. The summed E-state index contributed by atoms with van der Waals surface area (Å²) in [7, 11) is 0. The van der Waals surface area contributed by atoms with Crippen LogP contribution in [0, 0.1) is 41.4 Å². The summed E-state index contributed by atoms with van der Waals surface area (Å²) in [6.45, 7) is 7.46. The number of rotatable bonds is 6. The fourth-order valence-electron chi connectivity index (χ4n) is 7.91. The van der Waals surface area contributed by atoms with Crippen molar-refractivity contribution in [2.24, 2.45) is 41.4 Å². The average Bonchev–Trinajstić information content (AvgIpc) is 3.14. The van der Waals surface area contributed by atoms with Crippen molar-refractivity contribution in [1.82, 2.24) is 0 Å². The third-order valence-corrected chi connectivity index (χ3v) is 11.0. The summed E-state index contributed by atoms with van der Waals surface area (Å²) in [5.41, 5.74) is 1.49. The first kappa shape index (κ1) is 85.1. The van der Waals surface area contributed by atoms with Gasteiger partial charge in [-0.1, -0.05) is 69.1 Å². The number of nitrogens with zero attached hydrogens (tertiary/aromatic N) is 4. The molecule has 2 saturated carbocycles. The number of nitrogens with two attached hydrogens (primary N) is 2. The molecule has 20 N–H and O–H groups in total. The SMILES string of the molecule is C1=CC(C2CC[N-]CC2)=CC[N-]1.C1CC(C2CC[N-]CC2)CC[N-]1.O.O.O.O.OC(O)C1CCCC(C(O)O)C1.OC(O)C1CCCC(C(O)O)C1.[Mn+2].[Mn+2].[Mn].[Mn].[Mn].[Mn].[NH2-].[NH2-]. The predicted octanol–water partition coefficient (Wildman–Crippen LogP) is 2.10. The average molecular weight is 1110 g/mol. The molecule has 0 bridgehead atoms. The fourth-order valence-corrected chi connectivity index (χ4v) is 7.91. The molecular formula is C36H76Mn6N6O12-2. The largest absolute Gasteiger partial charge is 2.00 e. The van der Waals surface area contributed by atoms with Crippen LogP contribution >= 0.6 is 0 Å². The van der Waals surface area contributed by atoms with Gasteiger partial charge in [-0.25, -0.2) is 0 Å². The third kappa shape index (κ3) is 34.1. The van der Waals surface area contributed by atoms with Gasteiger partial charge in [-0.05, 0) is 56.3 Å². The topological polar surface area (TPSA) is 411 Å². The number of piperidine rings is 3. The maximum absolute atomic E-state index is 8.87. The molecule has 0 amide bonds. The Labute approximate surface area is 421 Å². The molecule has 4 unspecified atom stereocenters. The van der Waals surface area contributed by atoms with Crippen molar-refractivity contribution in [1.29, 1.82) is 0 Å². The van der Waals surface area contributed by atoms with Gasteiger partial charge in [0.25, 0.3) is 0 Å². The van der Waals surface area contributed by atoms with E-state index in [9.17, 15) is 0 Å². The molecule has 0 aromatic heterocycles. The van der Waals surface area contributed by atoms with Gasteiger partial charge in [-0.15, -0.1) is 45.8 Å².